The van der Waals surface area contributed by atoms with E-state index in [9.17, 15) is 9.18 Å². The fourth-order valence-electron chi connectivity index (χ4n) is 3.58. The van der Waals surface area contributed by atoms with Gasteiger partial charge in [-0.2, -0.15) is 4.98 Å². The Morgan fingerprint density at radius 2 is 2.04 bits per heavy atom. The first-order valence-electron chi connectivity index (χ1n) is 9.55. The van der Waals surface area contributed by atoms with E-state index in [0.717, 1.165) is 28.7 Å². The number of carbonyl (C=O) groups is 1. The highest BCUT2D eigenvalue weighted by Gasteiger charge is 2.25. The number of hydrogen-bond acceptors (Lipinski definition) is 4. The summed E-state index contributed by atoms with van der Waals surface area (Å²) >= 11 is 1.36. The number of rotatable bonds is 4. The van der Waals surface area contributed by atoms with Crippen LogP contribution >= 0.6 is 11.3 Å². The summed E-state index contributed by atoms with van der Waals surface area (Å²) in [5, 5.41) is 0.500. The molecule has 0 saturated carbocycles. The molecule has 0 aliphatic carbocycles. The van der Waals surface area contributed by atoms with Crippen LogP contribution in [-0.4, -0.2) is 35.0 Å². The number of fused-ring (bicyclic) bond motifs is 1. The minimum atomic E-state index is -0.324. The van der Waals surface area contributed by atoms with Gasteiger partial charge in [-0.1, -0.05) is 41.2 Å². The molecule has 1 aliphatic rings. The molecule has 0 unspecified atom stereocenters. The standard InChI is InChI=1S/C22H23FN2O2S/c1-14-6-7-15(2)16(12-14)13-20(26)25-10-8-17(9-11-25)27-22-24-21-18(23)4-3-5-19(21)28-22/h3-7,12,17H,8-11,13H2,1-2H3. The van der Waals surface area contributed by atoms with Crippen molar-refractivity contribution in [2.45, 2.75) is 39.2 Å². The molecule has 146 valence electrons. The van der Waals surface area contributed by atoms with Gasteiger partial charge in [0.25, 0.3) is 5.19 Å². The first-order valence-corrected chi connectivity index (χ1v) is 10.4. The van der Waals surface area contributed by atoms with Gasteiger partial charge >= 0.3 is 0 Å². The van der Waals surface area contributed by atoms with Crippen LogP contribution in [0.25, 0.3) is 10.2 Å². The van der Waals surface area contributed by atoms with Crippen LogP contribution in [0.5, 0.6) is 5.19 Å². The lowest BCUT2D eigenvalue weighted by Crippen LogP contribution is -2.42. The number of aryl methyl sites for hydroxylation is 2. The third kappa shape index (κ3) is 4.02. The zero-order chi connectivity index (χ0) is 19.7. The highest BCUT2D eigenvalue weighted by atomic mass is 32.1. The van der Waals surface area contributed by atoms with Crippen molar-refractivity contribution < 1.29 is 13.9 Å². The van der Waals surface area contributed by atoms with Gasteiger partial charge in [-0.15, -0.1) is 0 Å². The molecule has 2 aromatic carbocycles. The predicted octanol–water partition coefficient (Wildman–Crippen LogP) is 4.66. The second-order valence-corrected chi connectivity index (χ2v) is 8.36. The van der Waals surface area contributed by atoms with Crippen LogP contribution in [0.2, 0.25) is 0 Å². The lowest BCUT2D eigenvalue weighted by Gasteiger charge is -2.31. The Morgan fingerprint density at radius 1 is 1.25 bits per heavy atom. The van der Waals surface area contributed by atoms with Crippen LogP contribution in [0.3, 0.4) is 0 Å². The van der Waals surface area contributed by atoms with Gasteiger partial charge < -0.3 is 9.64 Å². The van der Waals surface area contributed by atoms with E-state index in [0.29, 0.717) is 30.2 Å². The van der Waals surface area contributed by atoms with E-state index >= 15 is 0 Å². The smallest absolute Gasteiger partial charge is 0.274 e. The first-order chi connectivity index (χ1) is 13.5. The van der Waals surface area contributed by atoms with Crippen LogP contribution < -0.4 is 4.74 Å². The maximum absolute atomic E-state index is 13.8. The van der Waals surface area contributed by atoms with E-state index < -0.39 is 0 Å². The van der Waals surface area contributed by atoms with Gasteiger partial charge in [-0.25, -0.2) is 4.39 Å². The number of ether oxygens (including phenoxy) is 1. The average molecular weight is 399 g/mol. The number of carbonyl (C=O) groups excluding carboxylic acids is 1. The molecule has 1 aromatic heterocycles. The molecule has 0 spiro atoms. The molecule has 28 heavy (non-hydrogen) atoms. The van der Waals surface area contributed by atoms with E-state index in [4.69, 9.17) is 4.74 Å². The number of nitrogens with zero attached hydrogens (tertiary/aromatic N) is 2. The van der Waals surface area contributed by atoms with Gasteiger partial charge in [0.05, 0.1) is 11.1 Å². The van der Waals surface area contributed by atoms with Crippen molar-refractivity contribution in [1.82, 2.24) is 9.88 Å². The van der Waals surface area contributed by atoms with Gasteiger partial charge in [0.15, 0.2) is 0 Å². The molecule has 6 heteroatoms. The number of aromatic nitrogens is 1. The number of thiazole rings is 1. The van der Waals surface area contributed by atoms with E-state index in [1.54, 1.807) is 6.07 Å². The molecule has 4 nitrogen and oxygen atoms in total. The Morgan fingerprint density at radius 3 is 2.79 bits per heavy atom. The second kappa shape index (κ2) is 7.87. The van der Waals surface area contributed by atoms with Crippen LogP contribution in [0, 0.1) is 19.7 Å². The molecular formula is C22H23FN2O2S. The van der Waals surface area contributed by atoms with Crippen molar-refractivity contribution in [2.24, 2.45) is 0 Å². The monoisotopic (exact) mass is 398 g/mol. The predicted molar refractivity (Wildman–Crippen MR) is 109 cm³/mol. The molecule has 3 aromatic rings. The molecule has 1 saturated heterocycles. The lowest BCUT2D eigenvalue weighted by atomic mass is 10.0. The zero-order valence-electron chi connectivity index (χ0n) is 16.1. The quantitative estimate of drug-likeness (QED) is 0.642. The fourth-order valence-corrected chi connectivity index (χ4v) is 4.47. The van der Waals surface area contributed by atoms with E-state index in [1.807, 2.05) is 24.8 Å². The maximum atomic E-state index is 13.8. The first kappa shape index (κ1) is 18.9. The topological polar surface area (TPSA) is 42.4 Å². The van der Waals surface area contributed by atoms with Crippen LogP contribution in [0.1, 0.15) is 29.5 Å². The normalized spacial score (nSPS) is 15.2. The number of piperidine rings is 1. The number of hydrogen-bond donors (Lipinski definition) is 0. The SMILES string of the molecule is Cc1ccc(C)c(CC(=O)N2CCC(Oc3nc4c(F)cccc4s3)CC2)c1. The third-order valence-corrected chi connectivity index (χ3v) is 6.17. The molecule has 1 fully saturated rings. The highest BCUT2D eigenvalue weighted by Crippen LogP contribution is 2.31. The summed E-state index contributed by atoms with van der Waals surface area (Å²) in [4.78, 5) is 18.9. The van der Waals surface area contributed by atoms with Crippen molar-refractivity contribution in [1.29, 1.82) is 0 Å². The number of likely N-dealkylation sites (tertiary alicyclic amines) is 1. The number of amides is 1. The fraction of sp³-hybridized carbons (Fsp3) is 0.364. The number of para-hydroxylation sites is 1. The van der Waals surface area contributed by atoms with E-state index in [-0.39, 0.29) is 17.8 Å². The van der Waals surface area contributed by atoms with Crippen molar-refractivity contribution in [3.63, 3.8) is 0 Å². The van der Waals surface area contributed by atoms with Gasteiger partial charge in [-0.05, 0) is 37.1 Å². The molecule has 0 radical (unpaired) electrons. The third-order valence-electron chi connectivity index (χ3n) is 5.26. The summed E-state index contributed by atoms with van der Waals surface area (Å²) in [6.07, 6.45) is 1.97. The average Bonchev–Trinajstić information content (AvgIpc) is 3.09. The van der Waals surface area contributed by atoms with Crippen molar-refractivity contribution >= 4 is 27.5 Å². The van der Waals surface area contributed by atoms with E-state index in [1.165, 1.54) is 23.0 Å². The van der Waals surface area contributed by atoms with Crippen molar-refractivity contribution in [2.75, 3.05) is 13.1 Å². The molecule has 0 bridgehead atoms. The van der Waals surface area contributed by atoms with Gasteiger partial charge in [0.2, 0.25) is 5.91 Å². The lowest BCUT2D eigenvalue weighted by molar-refractivity contribution is -0.132. The molecule has 1 aliphatic heterocycles. The summed E-state index contributed by atoms with van der Waals surface area (Å²) < 4.78 is 20.6. The Hall–Kier alpha value is -2.47. The molecule has 2 heterocycles. The maximum Gasteiger partial charge on any atom is 0.274 e. The summed E-state index contributed by atoms with van der Waals surface area (Å²) in [5.74, 6) is -0.162. The molecule has 1 amide bonds. The molecule has 0 N–H and O–H groups in total. The summed E-state index contributed by atoms with van der Waals surface area (Å²) in [6.45, 7) is 5.44. The van der Waals surface area contributed by atoms with Crippen LogP contribution in [0.15, 0.2) is 36.4 Å². The Kier molecular flexibility index (Phi) is 5.31. The van der Waals surface area contributed by atoms with Gasteiger partial charge in [0, 0.05) is 25.9 Å². The van der Waals surface area contributed by atoms with Gasteiger partial charge in [-0.3, -0.25) is 4.79 Å². The molecule has 4 rings (SSSR count). The van der Waals surface area contributed by atoms with Crippen LogP contribution in [-0.2, 0) is 11.2 Å². The minimum Gasteiger partial charge on any atom is -0.467 e. The summed E-state index contributed by atoms with van der Waals surface area (Å²) in [5.41, 5.74) is 3.79. The highest BCUT2D eigenvalue weighted by molar-refractivity contribution is 7.20. The number of halogens is 1. The van der Waals surface area contributed by atoms with Crippen LogP contribution in [0.4, 0.5) is 4.39 Å². The Balaban J connectivity index is 1.34. The number of benzene rings is 2. The molecular weight excluding hydrogens is 375 g/mol. The second-order valence-electron chi connectivity index (χ2n) is 7.37. The largest absolute Gasteiger partial charge is 0.467 e. The molecule has 0 atom stereocenters. The van der Waals surface area contributed by atoms with Crippen molar-refractivity contribution in [3.05, 3.63) is 58.9 Å². The summed E-state index contributed by atoms with van der Waals surface area (Å²) in [6, 6.07) is 11.2. The Labute approximate surface area is 168 Å². The zero-order valence-corrected chi connectivity index (χ0v) is 16.9. The van der Waals surface area contributed by atoms with Gasteiger partial charge in [0.1, 0.15) is 17.4 Å². The minimum absolute atomic E-state index is 0.00776. The van der Waals surface area contributed by atoms with Crippen molar-refractivity contribution in [3.8, 4) is 5.19 Å². The Bertz CT molecular complexity index is 1010. The summed E-state index contributed by atoms with van der Waals surface area (Å²) in [7, 11) is 0. The van der Waals surface area contributed by atoms with E-state index in [2.05, 4.69) is 23.2 Å².